The fourth-order valence-corrected chi connectivity index (χ4v) is 1.90. The lowest BCUT2D eigenvalue weighted by Gasteiger charge is -2.02. The van der Waals surface area contributed by atoms with Crippen molar-refractivity contribution in [3.63, 3.8) is 0 Å². The van der Waals surface area contributed by atoms with E-state index in [4.69, 9.17) is 16.9 Å². The van der Waals surface area contributed by atoms with Crippen LogP contribution in [0.15, 0.2) is 24.4 Å². The lowest BCUT2D eigenvalue weighted by atomic mass is 10.3. The largest absolute Gasteiger partial charge is 0.331 e. The second-order valence-corrected chi connectivity index (χ2v) is 4.33. The van der Waals surface area contributed by atoms with Crippen LogP contribution in [0, 0.1) is 17.1 Å². The van der Waals surface area contributed by atoms with Gasteiger partial charge in [0.15, 0.2) is 5.13 Å². The molecule has 2 aromatic rings. The number of thiazole rings is 1. The number of aromatic nitrogens is 1. The van der Waals surface area contributed by atoms with Crippen LogP contribution < -0.4 is 5.32 Å². The van der Waals surface area contributed by atoms with Crippen molar-refractivity contribution in [3.8, 4) is 6.07 Å². The number of nitriles is 1. The van der Waals surface area contributed by atoms with Crippen LogP contribution in [-0.2, 0) is 0 Å². The van der Waals surface area contributed by atoms with Gasteiger partial charge in [0.05, 0.1) is 11.2 Å². The summed E-state index contributed by atoms with van der Waals surface area (Å²) < 4.78 is 12.9. The molecule has 2 rings (SSSR count). The van der Waals surface area contributed by atoms with E-state index >= 15 is 0 Å². The van der Waals surface area contributed by atoms with Crippen LogP contribution in [0.4, 0.5) is 15.2 Å². The van der Waals surface area contributed by atoms with Crippen molar-refractivity contribution in [1.29, 1.82) is 5.26 Å². The highest BCUT2D eigenvalue weighted by atomic mass is 35.5. The molecule has 0 fully saturated rings. The summed E-state index contributed by atoms with van der Waals surface area (Å²) in [6, 6.07) is 6.26. The van der Waals surface area contributed by atoms with Gasteiger partial charge in [0.2, 0.25) is 0 Å². The van der Waals surface area contributed by atoms with Crippen molar-refractivity contribution in [1.82, 2.24) is 4.98 Å². The molecule has 0 saturated carbocycles. The number of anilines is 2. The van der Waals surface area contributed by atoms with Gasteiger partial charge in [-0.25, -0.2) is 9.37 Å². The third-order valence-corrected chi connectivity index (χ3v) is 2.89. The summed E-state index contributed by atoms with van der Waals surface area (Å²) in [5, 5.41) is 12.2. The molecule has 6 heteroatoms. The number of benzene rings is 1. The highest BCUT2D eigenvalue weighted by Crippen LogP contribution is 2.25. The lowest BCUT2D eigenvalue weighted by molar-refractivity contribution is 0.628. The van der Waals surface area contributed by atoms with Crippen molar-refractivity contribution in [2.24, 2.45) is 0 Å². The highest BCUT2D eigenvalue weighted by Gasteiger charge is 2.04. The van der Waals surface area contributed by atoms with E-state index in [2.05, 4.69) is 10.3 Å². The summed E-state index contributed by atoms with van der Waals surface area (Å²) in [7, 11) is 0. The van der Waals surface area contributed by atoms with Gasteiger partial charge in [-0.2, -0.15) is 5.26 Å². The van der Waals surface area contributed by atoms with Gasteiger partial charge < -0.3 is 5.32 Å². The van der Waals surface area contributed by atoms with E-state index in [1.54, 1.807) is 6.07 Å². The van der Waals surface area contributed by atoms with E-state index in [1.807, 2.05) is 6.07 Å². The van der Waals surface area contributed by atoms with Crippen LogP contribution in [0.25, 0.3) is 0 Å². The molecule has 1 heterocycles. The topological polar surface area (TPSA) is 48.7 Å². The average Bonchev–Trinajstić information content (AvgIpc) is 2.71. The van der Waals surface area contributed by atoms with Crippen molar-refractivity contribution in [2.45, 2.75) is 0 Å². The maximum Gasteiger partial charge on any atom is 0.188 e. The number of nitrogens with zero attached hydrogens (tertiary/aromatic N) is 2. The molecule has 0 amide bonds. The van der Waals surface area contributed by atoms with Gasteiger partial charge in [-0.05, 0) is 18.2 Å². The van der Waals surface area contributed by atoms with E-state index < -0.39 is 5.82 Å². The van der Waals surface area contributed by atoms with Crippen molar-refractivity contribution in [2.75, 3.05) is 5.32 Å². The Bertz CT molecular complexity index is 561. The summed E-state index contributed by atoms with van der Waals surface area (Å²) in [6.07, 6.45) is 1.47. The van der Waals surface area contributed by atoms with Gasteiger partial charge in [0.1, 0.15) is 16.8 Å². The van der Waals surface area contributed by atoms with Crippen LogP contribution >= 0.6 is 22.9 Å². The number of hydrogen-bond donors (Lipinski definition) is 1. The van der Waals surface area contributed by atoms with Gasteiger partial charge in [0, 0.05) is 5.69 Å². The quantitative estimate of drug-likeness (QED) is 0.890. The van der Waals surface area contributed by atoms with E-state index in [0.717, 1.165) is 0 Å². The maximum absolute atomic E-state index is 12.9. The van der Waals surface area contributed by atoms with Crippen LogP contribution in [0.2, 0.25) is 5.02 Å². The molecule has 0 aliphatic carbocycles. The van der Waals surface area contributed by atoms with Gasteiger partial charge in [-0.15, -0.1) is 0 Å². The Balaban J connectivity index is 2.21. The normalized spacial score (nSPS) is 9.81. The van der Waals surface area contributed by atoms with Crippen molar-refractivity contribution in [3.05, 3.63) is 40.1 Å². The fourth-order valence-electron chi connectivity index (χ4n) is 1.08. The summed E-state index contributed by atoms with van der Waals surface area (Å²) in [6.45, 7) is 0. The molecule has 0 radical (unpaired) electrons. The molecule has 0 aliphatic heterocycles. The zero-order valence-electron chi connectivity index (χ0n) is 7.87. The van der Waals surface area contributed by atoms with Crippen LogP contribution in [0.1, 0.15) is 4.88 Å². The minimum Gasteiger partial charge on any atom is -0.331 e. The zero-order valence-corrected chi connectivity index (χ0v) is 9.44. The Kier molecular flexibility index (Phi) is 3.04. The first-order valence-corrected chi connectivity index (χ1v) is 5.46. The molecule has 0 atom stereocenters. The van der Waals surface area contributed by atoms with Gasteiger partial charge in [0.25, 0.3) is 0 Å². The Morgan fingerprint density at radius 2 is 2.31 bits per heavy atom. The summed E-state index contributed by atoms with van der Waals surface area (Å²) in [5.74, 6) is -0.468. The third-order valence-electron chi connectivity index (χ3n) is 1.79. The van der Waals surface area contributed by atoms with E-state index in [-0.39, 0.29) is 5.02 Å². The SMILES string of the molecule is N#Cc1cnc(Nc2ccc(F)c(Cl)c2)s1. The first kappa shape index (κ1) is 10.9. The monoisotopic (exact) mass is 253 g/mol. The molecule has 1 N–H and O–H groups in total. The van der Waals surface area contributed by atoms with Gasteiger partial charge in [-0.1, -0.05) is 22.9 Å². The highest BCUT2D eigenvalue weighted by molar-refractivity contribution is 7.16. The molecule has 0 saturated heterocycles. The standard InChI is InChI=1S/C10H5ClFN3S/c11-8-3-6(1-2-9(8)12)15-10-14-5-7(4-13)16-10/h1-3,5H,(H,14,15). The minimum absolute atomic E-state index is 0.0436. The number of hydrogen-bond acceptors (Lipinski definition) is 4. The van der Waals surface area contributed by atoms with Crippen molar-refractivity contribution < 1.29 is 4.39 Å². The van der Waals surface area contributed by atoms with Gasteiger partial charge >= 0.3 is 0 Å². The molecule has 0 aliphatic rings. The smallest absolute Gasteiger partial charge is 0.188 e. The van der Waals surface area contributed by atoms with Crippen LogP contribution in [-0.4, -0.2) is 4.98 Å². The average molecular weight is 254 g/mol. The Hall–Kier alpha value is -1.64. The molecule has 1 aromatic carbocycles. The molecule has 0 spiro atoms. The van der Waals surface area contributed by atoms with Gasteiger partial charge in [-0.3, -0.25) is 0 Å². The first-order valence-electron chi connectivity index (χ1n) is 4.27. The third kappa shape index (κ3) is 2.30. The second kappa shape index (κ2) is 4.47. The van der Waals surface area contributed by atoms with Crippen LogP contribution in [0.5, 0.6) is 0 Å². The number of rotatable bonds is 2. The molecule has 1 aromatic heterocycles. The van der Waals surface area contributed by atoms with E-state index in [0.29, 0.717) is 15.7 Å². The first-order chi connectivity index (χ1) is 7.69. The summed E-state index contributed by atoms with van der Waals surface area (Å²) in [5.41, 5.74) is 0.630. The van der Waals surface area contributed by atoms with Crippen LogP contribution in [0.3, 0.4) is 0 Å². The van der Waals surface area contributed by atoms with E-state index in [9.17, 15) is 4.39 Å². The summed E-state index contributed by atoms with van der Waals surface area (Å²) >= 11 is 6.85. The predicted molar refractivity (Wildman–Crippen MR) is 61.5 cm³/mol. The van der Waals surface area contributed by atoms with E-state index in [1.165, 1.54) is 29.7 Å². The minimum atomic E-state index is -0.468. The Morgan fingerprint density at radius 1 is 1.50 bits per heavy atom. The summed E-state index contributed by atoms with van der Waals surface area (Å²) in [4.78, 5) is 4.49. The fraction of sp³-hybridized carbons (Fsp3) is 0. The molecule has 16 heavy (non-hydrogen) atoms. The molecular formula is C10H5ClFN3S. The Labute approximate surface area is 100 Å². The maximum atomic E-state index is 12.9. The second-order valence-electron chi connectivity index (χ2n) is 2.90. The number of halogens is 2. The molecule has 3 nitrogen and oxygen atoms in total. The lowest BCUT2D eigenvalue weighted by Crippen LogP contribution is -1.89. The Morgan fingerprint density at radius 3 is 2.94 bits per heavy atom. The van der Waals surface area contributed by atoms with Crippen molar-refractivity contribution >= 4 is 33.8 Å². The molecule has 0 bridgehead atoms. The molecule has 80 valence electrons. The molecule has 0 unspecified atom stereocenters. The molecular weight excluding hydrogens is 249 g/mol. The zero-order chi connectivity index (χ0) is 11.5. The predicted octanol–water partition coefficient (Wildman–Crippen LogP) is 3.55. The number of nitrogens with one attached hydrogen (secondary N) is 1.